The zero-order valence-corrected chi connectivity index (χ0v) is 21.1. The number of hydrogen-bond acceptors (Lipinski definition) is 6. The standard InChI is InChI=1S/C19H15I3O6/c1-3-10-4-5-14(26-2)11(8-10)19(25)28-7-6-27-17-13(21)9-12(20)15(16(17)22)18(23)24/h3-5,8-9H,1,6-7H2,2H3,(H,23,24)/p-1. The third-order valence-corrected chi connectivity index (χ3v) is 6.26. The summed E-state index contributed by atoms with van der Waals surface area (Å²) in [6.45, 7) is 3.73. The molecule has 0 heterocycles. The molecule has 6 nitrogen and oxygen atoms in total. The van der Waals surface area contributed by atoms with E-state index in [2.05, 4.69) is 29.2 Å². The molecule has 0 atom stereocenters. The molecule has 0 amide bonds. The van der Waals surface area contributed by atoms with Crippen LogP contribution in [0.2, 0.25) is 0 Å². The van der Waals surface area contributed by atoms with Gasteiger partial charge in [0, 0.05) is 9.13 Å². The van der Waals surface area contributed by atoms with Crippen molar-refractivity contribution >= 4 is 85.8 Å². The van der Waals surface area contributed by atoms with Gasteiger partial charge in [-0.25, -0.2) is 4.79 Å². The molecule has 0 aliphatic carbocycles. The molecule has 0 N–H and O–H groups in total. The van der Waals surface area contributed by atoms with Crippen molar-refractivity contribution in [2.24, 2.45) is 0 Å². The molecule has 9 heteroatoms. The van der Waals surface area contributed by atoms with Crippen LogP contribution in [0.1, 0.15) is 26.3 Å². The zero-order chi connectivity index (χ0) is 20.8. The molecule has 0 spiro atoms. The van der Waals surface area contributed by atoms with E-state index in [0.29, 0.717) is 18.6 Å². The molecule has 148 valence electrons. The molecule has 0 aliphatic rings. The molecular formula is C19H14I3O6-. The molecule has 2 aromatic rings. The van der Waals surface area contributed by atoms with Crippen LogP contribution in [0.15, 0.2) is 30.8 Å². The largest absolute Gasteiger partial charge is 0.545 e. The van der Waals surface area contributed by atoms with Gasteiger partial charge in [-0.3, -0.25) is 0 Å². The third kappa shape index (κ3) is 5.49. The van der Waals surface area contributed by atoms with Crippen LogP contribution in [0, 0.1) is 10.7 Å². The van der Waals surface area contributed by atoms with Crippen molar-refractivity contribution in [3.05, 3.63) is 58.2 Å². The summed E-state index contributed by atoms with van der Waals surface area (Å²) >= 11 is 5.91. The van der Waals surface area contributed by atoms with Gasteiger partial charge in [0.05, 0.1) is 20.2 Å². The highest BCUT2D eigenvalue weighted by atomic mass is 127. The first-order valence-corrected chi connectivity index (χ1v) is 11.0. The molecule has 0 radical (unpaired) electrons. The summed E-state index contributed by atoms with van der Waals surface area (Å²) in [5.41, 5.74) is 1.14. The highest BCUT2D eigenvalue weighted by Gasteiger charge is 2.17. The summed E-state index contributed by atoms with van der Waals surface area (Å²) in [5.74, 6) is -0.998. The summed E-state index contributed by atoms with van der Waals surface area (Å²) in [7, 11) is 1.47. The summed E-state index contributed by atoms with van der Waals surface area (Å²) in [6, 6.07) is 6.77. The highest BCUT2D eigenvalue weighted by molar-refractivity contribution is 14.1. The minimum absolute atomic E-state index is 0.0148. The van der Waals surface area contributed by atoms with Crippen molar-refractivity contribution in [2.45, 2.75) is 0 Å². The van der Waals surface area contributed by atoms with E-state index < -0.39 is 11.9 Å². The number of ether oxygens (including phenoxy) is 3. The number of methoxy groups -OCH3 is 1. The van der Waals surface area contributed by atoms with Gasteiger partial charge in [-0.05, 0) is 91.5 Å². The fourth-order valence-corrected chi connectivity index (χ4v) is 6.38. The topological polar surface area (TPSA) is 84.9 Å². The minimum Gasteiger partial charge on any atom is -0.545 e. The van der Waals surface area contributed by atoms with Gasteiger partial charge in [-0.15, -0.1) is 0 Å². The fraction of sp³-hybridized carbons (Fsp3) is 0.158. The second-order valence-electron chi connectivity index (χ2n) is 5.29. The predicted molar refractivity (Wildman–Crippen MR) is 128 cm³/mol. The maximum absolute atomic E-state index is 12.3. The number of aromatic carboxylic acids is 1. The fourth-order valence-electron chi connectivity index (χ4n) is 2.26. The third-order valence-electron chi connectivity index (χ3n) is 3.57. The second-order valence-corrected chi connectivity index (χ2v) is 8.70. The molecule has 0 fully saturated rings. The normalized spacial score (nSPS) is 10.3. The first-order chi connectivity index (χ1) is 13.3. The summed E-state index contributed by atoms with van der Waals surface area (Å²) in [6.07, 6.45) is 1.62. The van der Waals surface area contributed by atoms with Gasteiger partial charge in [0.25, 0.3) is 0 Å². The Morgan fingerprint density at radius 3 is 2.46 bits per heavy atom. The quantitative estimate of drug-likeness (QED) is 0.235. The Morgan fingerprint density at radius 2 is 1.86 bits per heavy atom. The van der Waals surface area contributed by atoms with Crippen LogP contribution < -0.4 is 14.6 Å². The van der Waals surface area contributed by atoms with Gasteiger partial charge < -0.3 is 24.1 Å². The number of rotatable bonds is 8. The highest BCUT2D eigenvalue weighted by Crippen LogP contribution is 2.33. The van der Waals surface area contributed by atoms with Gasteiger partial charge in [0.2, 0.25) is 0 Å². The van der Waals surface area contributed by atoms with Crippen molar-refractivity contribution < 1.29 is 28.9 Å². The van der Waals surface area contributed by atoms with E-state index in [1.54, 1.807) is 30.3 Å². The van der Waals surface area contributed by atoms with E-state index in [-0.39, 0.29) is 24.3 Å². The average Bonchev–Trinajstić information content (AvgIpc) is 2.65. The molecule has 2 rings (SSSR count). The Labute approximate surface area is 203 Å². The van der Waals surface area contributed by atoms with Crippen LogP contribution in [0.5, 0.6) is 11.5 Å². The Kier molecular flexibility index (Phi) is 8.80. The first-order valence-electron chi connectivity index (χ1n) is 7.79. The van der Waals surface area contributed by atoms with Gasteiger partial charge in [-0.2, -0.15) is 0 Å². The SMILES string of the molecule is C=Cc1ccc(OC)c(C(=O)OCCOc2c(I)cc(I)c(C(=O)[O-])c2I)c1. The van der Waals surface area contributed by atoms with Gasteiger partial charge in [0.15, 0.2) is 0 Å². The lowest BCUT2D eigenvalue weighted by Crippen LogP contribution is -2.25. The Bertz CT molecular complexity index is 926. The van der Waals surface area contributed by atoms with E-state index in [9.17, 15) is 14.7 Å². The van der Waals surface area contributed by atoms with E-state index in [4.69, 9.17) is 14.2 Å². The molecular weight excluding hydrogens is 705 g/mol. The molecule has 0 saturated heterocycles. The van der Waals surface area contributed by atoms with Gasteiger partial charge in [-0.1, -0.05) is 18.7 Å². The Hall–Kier alpha value is -1.09. The number of carbonyl (C=O) groups is 2. The lowest BCUT2D eigenvalue weighted by Gasteiger charge is -2.16. The lowest BCUT2D eigenvalue weighted by molar-refractivity contribution is -0.255. The summed E-state index contributed by atoms with van der Waals surface area (Å²) in [5, 5.41) is 11.3. The van der Waals surface area contributed by atoms with Crippen LogP contribution in [0.4, 0.5) is 0 Å². The number of carbonyl (C=O) groups excluding carboxylic acids is 2. The molecule has 0 saturated carbocycles. The number of carboxylic acid groups (broad SMARTS) is 1. The molecule has 0 unspecified atom stereocenters. The smallest absolute Gasteiger partial charge is 0.342 e. The van der Waals surface area contributed by atoms with Crippen LogP contribution in [0.3, 0.4) is 0 Å². The number of halogens is 3. The van der Waals surface area contributed by atoms with Gasteiger partial charge in [0.1, 0.15) is 30.3 Å². The van der Waals surface area contributed by atoms with Crippen molar-refractivity contribution in [3.8, 4) is 11.5 Å². The minimum atomic E-state index is -1.27. The lowest BCUT2D eigenvalue weighted by atomic mass is 10.1. The van der Waals surface area contributed by atoms with Crippen molar-refractivity contribution in [1.82, 2.24) is 0 Å². The number of esters is 1. The van der Waals surface area contributed by atoms with E-state index in [1.807, 2.05) is 45.2 Å². The molecule has 28 heavy (non-hydrogen) atoms. The number of hydrogen-bond donors (Lipinski definition) is 0. The molecule has 0 bridgehead atoms. The summed E-state index contributed by atoms with van der Waals surface area (Å²) in [4.78, 5) is 23.7. The second kappa shape index (κ2) is 10.6. The van der Waals surface area contributed by atoms with Crippen molar-refractivity contribution in [2.75, 3.05) is 20.3 Å². The average molecular weight is 719 g/mol. The van der Waals surface area contributed by atoms with Crippen molar-refractivity contribution in [1.29, 1.82) is 0 Å². The monoisotopic (exact) mass is 719 g/mol. The van der Waals surface area contributed by atoms with Crippen LogP contribution in [-0.4, -0.2) is 32.3 Å². The van der Waals surface area contributed by atoms with Crippen molar-refractivity contribution in [3.63, 3.8) is 0 Å². The van der Waals surface area contributed by atoms with Crippen LogP contribution >= 0.6 is 67.8 Å². The van der Waals surface area contributed by atoms with E-state index >= 15 is 0 Å². The molecule has 0 aliphatic heterocycles. The molecule has 0 aromatic heterocycles. The summed E-state index contributed by atoms with van der Waals surface area (Å²) < 4.78 is 17.9. The Morgan fingerprint density at radius 1 is 1.14 bits per heavy atom. The maximum Gasteiger partial charge on any atom is 0.342 e. The van der Waals surface area contributed by atoms with E-state index in [0.717, 1.165) is 9.13 Å². The van der Waals surface area contributed by atoms with Gasteiger partial charge >= 0.3 is 5.97 Å². The number of benzene rings is 2. The zero-order valence-electron chi connectivity index (χ0n) is 14.6. The Balaban J connectivity index is 2.06. The van der Waals surface area contributed by atoms with E-state index in [1.165, 1.54) is 7.11 Å². The number of carboxylic acids is 1. The maximum atomic E-state index is 12.3. The molecule has 2 aromatic carbocycles. The van der Waals surface area contributed by atoms with Crippen LogP contribution in [-0.2, 0) is 4.74 Å². The predicted octanol–water partition coefficient (Wildman–Crippen LogP) is 3.75. The first kappa shape index (κ1) is 23.2. The van der Waals surface area contributed by atoms with Crippen LogP contribution in [0.25, 0.3) is 6.08 Å².